The van der Waals surface area contributed by atoms with Gasteiger partial charge < -0.3 is 15.0 Å². The molecule has 0 fully saturated rings. The van der Waals surface area contributed by atoms with Crippen LogP contribution in [0.25, 0.3) is 0 Å². The first-order valence-electron chi connectivity index (χ1n) is 8.88. The Balaban J connectivity index is 1.90. The standard InChI is InChI=1S/C21H24N2O4/c1-4-23(5-2)20(25)16-10-12-17(13-11-16)22-19(24)14-27-21(26)18-9-7-6-8-15(18)3/h6-13H,4-5,14H2,1-3H3,(H,22,24). The highest BCUT2D eigenvalue weighted by atomic mass is 16.5. The SMILES string of the molecule is CCN(CC)C(=O)c1ccc(NC(=O)COC(=O)c2ccccc2C)cc1. The minimum Gasteiger partial charge on any atom is -0.452 e. The van der Waals surface area contributed by atoms with Crippen molar-refractivity contribution in [2.75, 3.05) is 25.0 Å². The minimum atomic E-state index is -0.539. The highest BCUT2D eigenvalue weighted by molar-refractivity contribution is 5.97. The summed E-state index contributed by atoms with van der Waals surface area (Å²) in [4.78, 5) is 38.0. The third-order valence-electron chi connectivity index (χ3n) is 4.17. The number of esters is 1. The van der Waals surface area contributed by atoms with Crippen LogP contribution in [0, 0.1) is 6.92 Å². The molecule has 2 amide bonds. The van der Waals surface area contributed by atoms with Gasteiger partial charge in [-0.1, -0.05) is 18.2 Å². The van der Waals surface area contributed by atoms with Crippen LogP contribution in [0.1, 0.15) is 40.1 Å². The van der Waals surface area contributed by atoms with Crippen LogP contribution in [0.15, 0.2) is 48.5 Å². The molecule has 0 spiro atoms. The lowest BCUT2D eigenvalue weighted by atomic mass is 10.1. The van der Waals surface area contributed by atoms with Gasteiger partial charge in [-0.05, 0) is 56.7 Å². The summed E-state index contributed by atoms with van der Waals surface area (Å²) < 4.78 is 5.05. The number of amides is 2. The van der Waals surface area contributed by atoms with Gasteiger partial charge in [0.1, 0.15) is 0 Å². The van der Waals surface area contributed by atoms with Crippen molar-refractivity contribution in [1.82, 2.24) is 4.90 Å². The Bertz CT molecular complexity index is 811. The van der Waals surface area contributed by atoms with Crippen LogP contribution in [0.2, 0.25) is 0 Å². The normalized spacial score (nSPS) is 10.2. The largest absolute Gasteiger partial charge is 0.452 e. The van der Waals surface area contributed by atoms with E-state index in [9.17, 15) is 14.4 Å². The fourth-order valence-electron chi connectivity index (χ4n) is 2.60. The second kappa shape index (κ2) is 9.52. The van der Waals surface area contributed by atoms with E-state index >= 15 is 0 Å². The van der Waals surface area contributed by atoms with E-state index in [4.69, 9.17) is 4.74 Å². The van der Waals surface area contributed by atoms with E-state index in [1.807, 2.05) is 19.9 Å². The van der Waals surface area contributed by atoms with Crippen LogP contribution in [-0.2, 0) is 9.53 Å². The van der Waals surface area contributed by atoms with Crippen LogP contribution in [0.3, 0.4) is 0 Å². The molecule has 0 aliphatic rings. The van der Waals surface area contributed by atoms with E-state index in [0.717, 1.165) is 5.56 Å². The number of carbonyl (C=O) groups excluding carboxylic acids is 3. The van der Waals surface area contributed by atoms with Gasteiger partial charge in [-0.15, -0.1) is 0 Å². The number of rotatable bonds is 7. The fraction of sp³-hybridized carbons (Fsp3) is 0.286. The number of benzene rings is 2. The average Bonchev–Trinajstić information content (AvgIpc) is 2.68. The Morgan fingerprint density at radius 1 is 0.963 bits per heavy atom. The van der Waals surface area contributed by atoms with Crippen molar-refractivity contribution in [2.45, 2.75) is 20.8 Å². The van der Waals surface area contributed by atoms with E-state index in [0.29, 0.717) is 29.9 Å². The van der Waals surface area contributed by atoms with Crippen LogP contribution >= 0.6 is 0 Å². The number of aryl methyl sites for hydroxylation is 1. The zero-order chi connectivity index (χ0) is 19.8. The molecule has 2 aromatic rings. The van der Waals surface area contributed by atoms with Crippen molar-refractivity contribution in [1.29, 1.82) is 0 Å². The zero-order valence-electron chi connectivity index (χ0n) is 15.8. The molecule has 0 aliphatic heterocycles. The van der Waals surface area contributed by atoms with Gasteiger partial charge >= 0.3 is 5.97 Å². The monoisotopic (exact) mass is 368 g/mol. The van der Waals surface area contributed by atoms with Gasteiger partial charge in [-0.2, -0.15) is 0 Å². The summed E-state index contributed by atoms with van der Waals surface area (Å²) in [6.07, 6.45) is 0. The van der Waals surface area contributed by atoms with E-state index < -0.39 is 11.9 Å². The van der Waals surface area contributed by atoms with Crippen molar-refractivity contribution in [3.8, 4) is 0 Å². The summed E-state index contributed by atoms with van der Waals surface area (Å²) in [5.41, 5.74) is 2.31. The molecule has 142 valence electrons. The second-order valence-electron chi connectivity index (χ2n) is 5.99. The highest BCUT2D eigenvalue weighted by Gasteiger charge is 2.14. The fourth-order valence-corrected chi connectivity index (χ4v) is 2.60. The summed E-state index contributed by atoms with van der Waals surface area (Å²) in [5, 5.41) is 2.65. The molecule has 0 aromatic heterocycles. The Labute approximate surface area is 159 Å². The van der Waals surface area contributed by atoms with Gasteiger partial charge in [0.05, 0.1) is 5.56 Å². The third-order valence-corrected chi connectivity index (χ3v) is 4.17. The lowest BCUT2D eigenvalue weighted by molar-refractivity contribution is -0.119. The Hall–Kier alpha value is -3.15. The summed E-state index contributed by atoms with van der Waals surface area (Å²) in [5.74, 6) is -1.03. The van der Waals surface area contributed by atoms with Gasteiger partial charge in [0.15, 0.2) is 6.61 Å². The van der Waals surface area contributed by atoms with Crippen LogP contribution in [0.4, 0.5) is 5.69 Å². The van der Waals surface area contributed by atoms with Crippen LogP contribution in [-0.4, -0.2) is 42.4 Å². The molecule has 0 bridgehead atoms. The molecule has 0 unspecified atom stereocenters. The van der Waals surface area contributed by atoms with Crippen LogP contribution in [0.5, 0.6) is 0 Å². The Kier molecular flexibility index (Phi) is 7.11. The van der Waals surface area contributed by atoms with Gasteiger partial charge in [-0.25, -0.2) is 4.79 Å². The number of nitrogens with zero attached hydrogens (tertiary/aromatic N) is 1. The smallest absolute Gasteiger partial charge is 0.338 e. The second-order valence-corrected chi connectivity index (χ2v) is 5.99. The summed E-state index contributed by atoms with van der Waals surface area (Å²) in [6, 6.07) is 13.7. The Morgan fingerprint density at radius 2 is 1.59 bits per heavy atom. The van der Waals surface area contributed by atoms with E-state index in [2.05, 4.69) is 5.32 Å². The first-order chi connectivity index (χ1) is 13.0. The summed E-state index contributed by atoms with van der Waals surface area (Å²) >= 11 is 0. The lowest BCUT2D eigenvalue weighted by Crippen LogP contribution is -2.30. The highest BCUT2D eigenvalue weighted by Crippen LogP contribution is 2.12. The van der Waals surface area contributed by atoms with Crippen molar-refractivity contribution >= 4 is 23.5 Å². The molecule has 2 rings (SSSR count). The van der Waals surface area contributed by atoms with Crippen molar-refractivity contribution < 1.29 is 19.1 Å². The van der Waals surface area contributed by atoms with E-state index in [1.54, 1.807) is 54.3 Å². The molecule has 0 aliphatic carbocycles. The molecule has 27 heavy (non-hydrogen) atoms. The molecule has 6 nitrogen and oxygen atoms in total. The minimum absolute atomic E-state index is 0.0509. The first-order valence-corrected chi connectivity index (χ1v) is 8.88. The van der Waals surface area contributed by atoms with Gasteiger partial charge in [0.2, 0.25) is 0 Å². The predicted molar refractivity (Wildman–Crippen MR) is 104 cm³/mol. The van der Waals surface area contributed by atoms with Crippen LogP contribution < -0.4 is 5.32 Å². The van der Waals surface area contributed by atoms with Crippen molar-refractivity contribution in [2.24, 2.45) is 0 Å². The molecule has 6 heteroatoms. The third kappa shape index (κ3) is 5.41. The van der Waals surface area contributed by atoms with Crippen molar-refractivity contribution in [3.05, 3.63) is 65.2 Å². The first kappa shape index (κ1) is 20.2. The van der Waals surface area contributed by atoms with Gasteiger partial charge in [0.25, 0.3) is 11.8 Å². The summed E-state index contributed by atoms with van der Waals surface area (Å²) in [6.45, 7) is 6.55. The van der Waals surface area contributed by atoms with E-state index in [-0.39, 0.29) is 12.5 Å². The number of carbonyl (C=O) groups is 3. The average molecular weight is 368 g/mol. The molecule has 1 N–H and O–H groups in total. The maximum absolute atomic E-state index is 12.3. The van der Waals surface area contributed by atoms with Crippen molar-refractivity contribution in [3.63, 3.8) is 0 Å². The van der Waals surface area contributed by atoms with Gasteiger partial charge in [0, 0.05) is 24.3 Å². The maximum atomic E-state index is 12.3. The molecular weight excluding hydrogens is 344 g/mol. The molecule has 0 saturated carbocycles. The van der Waals surface area contributed by atoms with Gasteiger partial charge in [-0.3, -0.25) is 9.59 Å². The molecule has 0 atom stereocenters. The molecule has 2 aromatic carbocycles. The Morgan fingerprint density at radius 3 is 2.19 bits per heavy atom. The number of hydrogen-bond acceptors (Lipinski definition) is 4. The molecule has 0 heterocycles. The molecule has 0 saturated heterocycles. The zero-order valence-corrected chi connectivity index (χ0v) is 15.8. The predicted octanol–water partition coefficient (Wildman–Crippen LogP) is 3.27. The van der Waals surface area contributed by atoms with E-state index in [1.165, 1.54) is 0 Å². The number of nitrogens with one attached hydrogen (secondary N) is 1. The summed E-state index contributed by atoms with van der Waals surface area (Å²) in [7, 11) is 0. The molecule has 0 radical (unpaired) electrons. The number of hydrogen-bond donors (Lipinski definition) is 1. The quantitative estimate of drug-likeness (QED) is 0.761. The molecular formula is C21H24N2O4. The maximum Gasteiger partial charge on any atom is 0.338 e. The number of ether oxygens (including phenoxy) is 1. The number of anilines is 1. The topological polar surface area (TPSA) is 75.7 Å². The lowest BCUT2D eigenvalue weighted by Gasteiger charge is -2.18.